The normalized spacial score (nSPS) is 16.1. The van der Waals surface area contributed by atoms with Crippen molar-refractivity contribution in [2.45, 2.75) is 45.2 Å². The lowest BCUT2D eigenvalue weighted by molar-refractivity contribution is 0.525. The Bertz CT molecular complexity index is 629. The zero-order valence-corrected chi connectivity index (χ0v) is 13.1. The molecule has 106 valence electrons. The van der Waals surface area contributed by atoms with Gasteiger partial charge in [0.2, 0.25) is 0 Å². The Hall–Kier alpha value is -0.830. The lowest BCUT2D eigenvalue weighted by Crippen LogP contribution is -2.25. The maximum Gasteiger partial charge on any atom is 0.0738 e. The van der Waals surface area contributed by atoms with Gasteiger partial charge in [-0.25, -0.2) is 0 Å². The van der Waals surface area contributed by atoms with E-state index in [0.717, 1.165) is 23.1 Å². The molecule has 0 aliphatic heterocycles. The van der Waals surface area contributed by atoms with Crippen molar-refractivity contribution in [1.29, 1.82) is 0 Å². The summed E-state index contributed by atoms with van der Waals surface area (Å²) in [6.45, 7) is 2.85. The number of pyridine rings is 1. The number of hydrogen-bond donors (Lipinski definition) is 1. The molecule has 1 fully saturated rings. The Balaban J connectivity index is 1.96. The van der Waals surface area contributed by atoms with E-state index in [1.807, 2.05) is 13.0 Å². The van der Waals surface area contributed by atoms with E-state index in [1.165, 1.54) is 31.2 Å². The van der Waals surface area contributed by atoms with Gasteiger partial charge in [-0.2, -0.15) is 0 Å². The Labute approximate surface area is 129 Å². The van der Waals surface area contributed by atoms with Gasteiger partial charge in [0.05, 0.1) is 10.5 Å². The average molecular weight is 309 g/mol. The average Bonchev–Trinajstić information content (AvgIpc) is 2.87. The summed E-state index contributed by atoms with van der Waals surface area (Å²) in [6.07, 6.45) is 5.23. The Morgan fingerprint density at radius 1 is 1.20 bits per heavy atom. The maximum atomic E-state index is 6.36. The highest BCUT2D eigenvalue weighted by molar-refractivity contribution is 6.38. The molecule has 1 saturated carbocycles. The molecule has 1 N–H and O–H groups in total. The van der Waals surface area contributed by atoms with Crippen LogP contribution in [0.3, 0.4) is 0 Å². The van der Waals surface area contributed by atoms with Crippen LogP contribution in [0.15, 0.2) is 18.2 Å². The van der Waals surface area contributed by atoms with Crippen molar-refractivity contribution >= 4 is 34.1 Å². The van der Waals surface area contributed by atoms with E-state index in [-0.39, 0.29) is 0 Å². The first-order valence-electron chi connectivity index (χ1n) is 7.12. The lowest BCUT2D eigenvalue weighted by Gasteiger charge is -2.14. The Morgan fingerprint density at radius 2 is 1.95 bits per heavy atom. The van der Waals surface area contributed by atoms with Crippen LogP contribution in [0.2, 0.25) is 10.0 Å². The van der Waals surface area contributed by atoms with Crippen molar-refractivity contribution < 1.29 is 0 Å². The van der Waals surface area contributed by atoms with Gasteiger partial charge >= 0.3 is 0 Å². The smallest absolute Gasteiger partial charge is 0.0738 e. The van der Waals surface area contributed by atoms with Gasteiger partial charge in [-0.15, -0.1) is 0 Å². The van der Waals surface area contributed by atoms with Gasteiger partial charge in [0.25, 0.3) is 0 Å². The van der Waals surface area contributed by atoms with Crippen molar-refractivity contribution in [3.63, 3.8) is 0 Å². The van der Waals surface area contributed by atoms with Crippen LogP contribution in [0.5, 0.6) is 0 Å². The molecule has 3 rings (SSSR count). The molecule has 1 aromatic heterocycles. The number of rotatable bonds is 3. The van der Waals surface area contributed by atoms with Gasteiger partial charge in [0.15, 0.2) is 0 Å². The summed E-state index contributed by atoms with van der Waals surface area (Å²) >= 11 is 12.4. The van der Waals surface area contributed by atoms with Crippen molar-refractivity contribution in [2.24, 2.45) is 0 Å². The van der Waals surface area contributed by atoms with Crippen LogP contribution in [0, 0.1) is 6.92 Å². The number of aryl methyl sites for hydroxylation is 1. The number of fused-ring (bicyclic) bond motifs is 1. The van der Waals surface area contributed by atoms with Crippen molar-refractivity contribution in [3.05, 3.63) is 39.5 Å². The van der Waals surface area contributed by atoms with Crippen molar-refractivity contribution in [1.82, 2.24) is 10.3 Å². The fraction of sp³-hybridized carbons (Fsp3) is 0.438. The lowest BCUT2D eigenvalue weighted by atomic mass is 10.1. The molecule has 0 unspecified atom stereocenters. The van der Waals surface area contributed by atoms with E-state index in [9.17, 15) is 0 Å². The molecule has 20 heavy (non-hydrogen) atoms. The number of hydrogen-bond acceptors (Lipinski definition) is 2. The Morgan fingerprint density at radius 3 is 2.70 bits per heavy atom. The summed E-state index contributed by atoms with van der Waals surface area (Å²) in [5, 5.41) is 5.98. The number of nitrogens with one attached hydrogen (secondary N) is 1. The highest BCUT2D eigenvalue weighted by Crippen LogP contribution is 2.30. The first-order valence-corrected chi connectivity index (χ1v) is 7.88. The van der Waals surface area contributed by atoms with E-state index in [4.69, 9.17) is 23.2 Å². The van der Waals surface area contributed by atoms with Gasteiger partial charge in [-0.05, 0) is 43.5 Å². The number of nitrogens with zero attached hydrogens (tertiary/aromatic N) is 1. The molecule has 2 aromatic rings. The first kappa shape index (κ1) is 14.1. The molecule has 0 atom stereocenters. The summed E-state index contributed by atoms with van der Waals surface area (Å²) in [5.74, 6) is 0. The van der Waals surface area contributed by atoms with Crippen LogP contribution in [-0.2, 0) is 6.54 Å². The number of benzene rings is 1. The highest BCUT2D eigenvalue weighted by atomic mass is 35.5. The molecular weight excluding hydrogens is 291 g/mol. The van der Waals surface area contributed by atoms with Crippen molar-refractivity contribution in [2.75, 3.05) is 0 Å². The summed E-state index contributed by atoms with van der Waals surface area (Å²) in [4.78, 5) is 4.54. The molecule has 0 bridgehead atoms. The van der Waals surface area contributed by atoms with Crippen LogP contribution in [-0.4, -0.2) is 11.0 Å². The zero-order valence-electron chi connectivity index (χ0n) is 11.5. The summed E-state index contributed by atoms with van der Waals surface area (Å²) in [7, 11) is 0. The molecule has 1 aliphatic carbocycles. The van der Waals surface area contributed by atoms with Crippen LogP contribution in [0.25, 0.3) is 10.9 Å². The van der Waals surface area contributed by atoms with E-state index in [2.05, 4.69) is 16.4 Å². The topological polar surface area (TPSA) is 24.9 Å². The molecule has 0 radical (unpaired) electrons. The number of halogens is 2. The minimum atomic E-state index is 0.635. The van der Waals surface area contributed by atoms with Gasteiger partial charge < -0.3 is 5.32 Å². The van der Waals surface area contributed by atoms with Gasteiger partial charge in [0, 0.05) is 28.7 Å². The first-order chi connectivity index (χ1) is 9.63. The molecule has 0 amide bonds. The molecule has 2 nitrogen and oxygen atoms in total. The van der Waals surface area contributed by atoms with Gasteiger partial charge in [-0.3, -0.25) is 4.98 Å². The third-order valence-corrected chi connectivity index (χ3v) is 4.49. The van der Waals surface area contributed by atoms with E-state index in [0.29, 0.717) is 16.1 Å². The van der Waals surface area contributed by atoms with Crippen LogP contribution >= 0.6 is 23.2 Å². The maximum absolute atomic E-state index is 6.36. The second-order valence-corrected chi connectivity index (χ2v) is 6.41. The van der Waals surface area contributed by atoms with Crippen LogP contribution in [0.1, 0.15) is 36.9 Å². The summed E-state index contributed by atoms with van der Waals surface area (Å²) in [6, 6.07) is 6.44. The van der Waals surface area contributed by atoms with Gasteiger partial charge in [0.1, 0.15) is 0 Å². The second kappa shape index (κ2) is 5.88. The monoisotopic (exact) mass is 308 g/mol. The molecular formula is C16H18Cl2N2. The fourth-order valence-electron chi connectivity index (χ4n) is 3.04. The predicted molar refractivity (Wildman–Crippen MR) is 85.6 cm³/mol. The minimum Gasteiger partial charge on any atom is -0.310 e. The molecule has 1 aliphatic rings. The Kier molecular flexibility index (Phi) is 4.16. The standard InChI is InChI=1S/C16H18Cl2N2/c1-10-6-11(9-19-13-4-2-3-5-13)16-14(18)7-12(17)8-15(16)20-10/h6-8,13,19H,2-5,9H2,1H3. The summed E-state index contributed by atoms with van der Waals surface area (Å²) in [5.41, 5.74) is 3.09. The largest absolute Gasteiger partial charge is 0.310 e. The quantitative estimate of drug-likeness (QED) is 0.874. The molecule has 0 saturated heterocycles. The van der Waals surface area contributed by atoms with E-state index >= 15 is 0 Å². The third kappa shape index (κ3) is 2.93. The molecule has 0 spiro atoms. The highest BCUT2D eigenvalue weighted by Gasteiger charge is 2.15. The van der Waals surface area contributed by atoms with Crippen LogP contribution < -0.4 is 5.32 Å². The van der Waals surface area contributed by atoms with E-state index in [1.54, 1.807) is 6.07 Å². The summed E-state index contributed by atoms with van der Waals surface area (Å²) < 4.78 is 0. The molecule has 1 aromatic carbocycles. The predicted octanol–water partition coefficient (Wildman–Crippen LogP) is 4.88. The number of aromatic nitrogens is 1. The fourth-order valence-corrected chi connectivity index (χ4v) is 3.64. The zero-order chi connectivity index (χ0) is 14.1. The van der Waals surface area contributed by atoms with Crippen LogP contribution in [0.4, 0.5) is 0 Å². The molecule has 1 heterocycles. The minimum absolute atomic E-state index is 0.635. The van der Waals surface area contributed by atoms with Crippen molar-refractivity contribution in [3.8, 4) is 0 Å². The molecule has 4 heteroatoms. The van der Waals surface area contributed by atoms with Gasteiger partial charge in [-0.1, -0.05) is 36.0 Å². The van der Waals surface area contributed by atoms with E-state index < -0.39 is 0 Å². The second-order valence-electron chi connectivity index (χ2n) is 5.57. The third-order valence-electron chi connectivity index (χ3n) is 3.97. The SMILES string of the molecule is Cc1cc(CNC2CCCC2)c2c(Cl)cc(Cl)cc2n1.